The number of piperidine rings is 1. The summed E-state index contributed by atoms with van der Waals surface area (Å²) in [6.07, 6.45) is 5.61. The molecule has 4 rings (SSSR count). The first kappa shape index (κ1) is 19.4. The van der Waals surface area contributed by atoms with Crippen LogP contribution in [0, 0.1) is 5.92 Å². The molecule has 1 aliphatic carbocycles. The zero-order chi connectivity index (χ0) is 19.6. The molecular formula is C21H27N3O3S. The minimum atomic E-state index is -3.64. The lowest BCUT2D eigenvalue weighted by molar-refractivity contribution is -0.119. The third-order valence-corrected chi connectivity index (χ3v) is 7.40. The number of sulfonamides is 1. The molecule has 0 aromatic heterocycles. The Bertz CT molecular complexity index is 962. The number of fused-ring (bicyclic) bond motifs is 1. The third kappa shape index (κ3) is 4.06. The van der Waals surface area contributed by atoms with Crippen LogP contribution in [0.1, 0.15) is 38.5 Å². The molecule has 28 heavy (non-hydrogen) atoms. The van der Waals surface area contributed by atoms with E-state index in [1.165, 1.54) is 0 Å². The van der Waals surface area contributed by atoms with Crippen molar-refractivity contribution in [2.75, 3.05) is 18.4 Å². The number of hydrogen-bond donors (Lipinski definition) is 3. The molecule has 1 amide bonds. The van der Waals surface area contributed by atoms with Crippen molar-refractivity contribution in [2.45, 2.75) is 49.5 Å². The zero-order valence-electron chi connectivity index (χ0n) is 15.9. The normalized spacial score (nSPS) is 19.1. The molecule has 2 aliphatic rings. The molecule has 6 nitrogen and oxygen atoms in total. The molecule has 0 bridgehead atoms. The first-order chi connectivity index (χ1) is 13.5. The molecule has 2 aromatic rings. The third-order valence-electron chi connectivity index (χ3n) is 5.82. The van der Waals surface area contributed by atoms with Gasteiger partial charge in [0.25, 0.3) is 0 Å². The second kappa shape index (κ2) is 8.19. The Morgan fingerprint density at radius 2 is 1.61 bits per heavy atom. The molecule has 1 aliphatic heterocycles. The van der Waals surface area contributed by atoms with Crippen LogP contribution in [0.25, 0.3) is 10.8 Å². The van der Waals surface area contributed by atoms with Crippen LogP contribution in [0.4, 0.5) is 5.69 Å². The molecule has 2 fully saturated rings. The van der Waals surface area contributed by atoms with E-state index in [0.29, 0.717) is 11.1 Å². The van der Waals surface area contributed by atoms with Crippen LogP contribution in [0.15, 0.2) is 41.3 Å². The molecule has 150 valence electrons. The highest BCUT2D eigenvalue weighted by molar-refractivity contribution is 7.89. The lowest BCUT2D eigenvalue weighted by Crippen LogP contribution is -2.42. The number of rotatable bonds is 5. The number of carbonyl (C=O) groups excluding carboxylic acids is 1. The van der Waals surface area contributed by atoms with E-state index in [1.807, 2.05) is 18.2 Å². The van der Waals surface area contributed by atoms with Gasteiger partial charge in [0.1, 0.15) is 0 Å². The highest BCUT2D eigenvalue weighted by Gasteiger charge is 2.26. The molecule has 1 saturated heterocycles. The smallest absolute Gasteiger partial charge is 0.241 e. The molecule has 0 atom stereocenters. The van der Waals surface area contributed by atoms with Crippen LogP contribution in [0.3, 0.4) is 0 Å². The van der Waals surface area contributed by atoms with Crippen molar-refractivity contribution in [3.05, 3.63) is 36.4 Å². The minimum absolute atomic E-state index is 0.0334. The van der Waals surface area contributed by atoms with Crippen molar-refractivity contribution >= 4 is 32.4 Å². The Morgan fingerprint density at radius 3 is 2.32 bits per heavy atom. The van der Waals surface area contributed by atoms with Gasteiger partial charge in [0.2, 0.25) is 15.9 Å². The lowest BCUT2D eigenvalue weighted by atomic mass is 10.1. The number of benzene rings is 2. The number of amides is 1. The maximum Gasteiger partial charge on any atom is 0.241 e. The standard InChI is InChI=1S/C21H27N3O3S/c25-21(15-5-1-2-6-15)23-19-9-10-20(18-8-4-3-7-17(18)19)28(26,27)24-16-11-13-22-14-12-16/h3-4,7-10,15-16,22,24H,1-2,5-6,11-14H2,(H,23,25). The Hall–Kier alpha value is -1.96. The second-order valence-corrected chi connectivity index (χ2v) is 9.46. The van der Waals surface area contributed by atoms with Crippen molar-refractivity contribution in [3.8, 4) is 0 Å². The number of carbonyl (C=O) groups is 1. The minimum Gasteiger partial charge on any atom is -0.325 e. The Kier molecular flexibility index (Phi) is 5.66. The zero-order valence-corrected chi connectivity index (χ0v) is 16.7. The summed E-state index contributed by atoms with van der Waals surface area (Å²) in [6, 6.07) is 10.6. The molecule has 0 unspecified atom stereocenters. The van der Waals surface area contributed by atoms with Gasteiger partial charge in [-0.15, -0.1) is 0 Å². The largest absolute Gasteiger partial charge is 0.325 e. The molecule has 2 aromatic carbocycles. The summed E-state index contributed by atoms with van der Waals surface area (Å²) < 4.78 is 28.9. The topological polar surface area (TPSA) is 87.3 Å². The molecule has 3 N–H and O–H groups in total. The predicted octanol–water partition coefficient (Wildman–Crippen LogP) is 3.00. The van der Waals surface area contributed by atoms with E-state index in [4.69, 9.17) is 0 Å². The van der Waals surface area contributed by atoms with E-state index in [0.717, 1.165) is 57.0 Å². The van der Waals surface area contributed by atoms with Gasteiger partial charge in [0.05, 0.1) is 4.90 Å². The first-order valence-electron chi connectivity index (χ1n) is 10.1. The maximum absolute atomic E-state index is 13.0. The predicted molar refractivity (Wildman–Crippen MR) is 111 cm³/mol. The van der Waals surface area contributed by atoms with Gasteiger partial charge in [-0.25, -0.2) is 13.1 Å². The van der Waals surface area contributed by atoms with Crippen molar-refractivity contribution in [2.24, 2.45) is 5.92 Å². The summed E-state index contributed by atoms with van der Waals surface area (Å²) in [4.78, 5) is 12.8. The van der Waals surface area contributed by atoms with Crippen molar-refractivity contribution in [1.82, 2.24) is 10.0 Å². The van der Waals surface area contributed by atoms with Gasteiger partial charge in [-0.1, -0.05) is 37.1 Å². The molecule has 1 heterocycles. The van der Waals surface area contributed by atoms with Gasteiger partial charge in [0.15, 0.2) is 0 Å². The summed E-state index contributed by atoms with van der Waals surface area (Å²) in [6.45, 7) is 1.64. The van der Waals surface area contributed by atoms with Crippen LogP contribution in [-0.4, -0.2) is 33.5 Å². The molecule has 0 radical (unpaired) electrons. The van der Waals surface area contributed by atoms with Crippen molar-refractivity contribution in [1.29, 1.82) is 0 Å². The van der Waals surface area contributed by atoms with Gasteiger partial charge in [-0.05, 0) is 50.9 Å². The van der Waals surface area contributed by atoms with E-state index >= 15 is 0 Å². The van der Waals surface area contributed by atoms with Gasteiger partial charge in [-0.2, -0.15) is 0 Å². The fraction of sp³-hybridized carbons (Fsp3) is 0.476. The van der Waals surface area contributed by atoms with E-state index in [2.05, 4.69) is 15.4 Å². The Balaban J connectivity index is 1.64. The van der Waals surface area contributed by atoms with Crippen LogP contribution in [0.5, 0.6) is 0 Å². The monoisotopic (exact) mass is 401 g/mol. The second-order valence-electron chi connectivity index (χ2n) is 7.77. The summed E-state index contributed by atoms with van der Waals surface area (Å²) in [7, 11) is -3.64. The summed E-state index contributed by atoms with van der Waals surface area (Å²) in [5, 5.41) is 7.65. The van der Waals surface area contributed by atoms with E-state index in [9.17, 15) is 13.2 Å². The van der Waals surface area contributed by atoms with Crippen LogP contribution in [0.2, 0.25) is 0 Å². The van der Waals surface area contributed by atoms with Gasteiger partial charge < -0.3 is 10.6 Å². The summed E-state index contributed by atoms with van der Waals surface area (Å²) in [5.41, 5.74) is 0.674. The molecule has 0 spiro atoms. The molecular weight excluding hydrogens is 374 g/mol. The SMILES string of the molecule is O=C(Nc1ccc(S(=O)(=O)NC2CCNCC2)c2ccccc12)C1CCCC1. The van der Waals surface area contributed by atoms with Crippen LogP contribution >= 0.6 is 0 Å². The number of anilines is 1. The quantitative estimate of drug-likeness (QED) is 0.719. The molecule has 1 saturated carbocycles. The highest BCUT2D eigenvalue weighted by Crippen LogP contribution is 2.32. The fourth-order valence-electron chi connectivity index (χ4n) is 4.26. The number of hydrogen-bond acceptors (Lipinski definition) is 4. The van der Waals surface area contributed by atoms with Crippen LogP contribution in [-0.2, 0) is 14.8 Å². The van der Waals surface area contributed by atoms with Gasteiger partial charge in [0, 0.05) is 28.4 Å². The van der Waals surface area contributed by atoms with Gasteiger partial charge >= 0.3 is 0 Å². The summed E-state index contributed by atoms with van der Waals surface area (Å²) >= 11 is 0. The van der Waals surface area contributed by atoms with E-state index < -0.39 is 10.0 Å². The first-order valence-corrected chi connectivity index (χ1v) is 11.6. The van der Waals surface area contributed by atoms with Crippen molar-refractivity contribution in [3.63, 3.8) is 0 Å². The maximum atomic E-state index is 13.0. The van der Waals surface area contributed by atoms with Crippen molar-refractivity contribution < 1.29 is 13.2 Å². The Morgan fingerprint density at radius 1 is 0.929 bits per heavy atom. The lowest BCUT2D eigenvalue weighted by Gasteiger charge is -2.24. The number of nitrogens with one attached hydrogen (secondary N) is 3. The van der Waals surface area contributed by atoms with E-state index in [1.54, 1.807) is 18.2 Å². The van der Waals surface area contributed by atoms with E-state index in [-0.39, 0.29) is 22.8 Å². The highest BCUT2D eigenvalue weighted by atomic mass is 32.2. The fourth-order valence-corrected chi connectivity index (χ4v) is 5.78. The summed E-state index contributed by atoms with van der Waals surface area (Å²) in [5.74, 6) is 0.0924. The average Bonchev–Trinajstić information content (AvgIpc) is 3.23. The Labute approximate surface area is 166 Å². The average molecular weight is 402 g/mol. The van der Waals surface area contributed by atoms with Crippen LogP contribution < -0.4 is 15.4 Å². The molecule has 7 heteroatoms. The van der Waals surface area contributed by atoms with Gasteiger partial charge in [-0.3, -0.25) is 4.79 Å².